The second kappa shape index (κ2) is 12.0. The molecule has 2 aromatic carbocycles. The summed E-state index contributed by atoms with van der Waals surface area (Å²) in [4.78, 5) is 42.7. The molecular weight excluding hydrogens is 543 g/mol. The fraction of sp³-hybridized carbons (Fsp3) is 0.400. The van der Waals surface area contributed by atoms with Crippen LogP contribution in [0.1, 0.15) is 48.9 Å². The molecule has 11 heteroatoms. The highest BCUT2D eigenvalue weighted by Crippen LogP contribution is 2.34. The number of amidine groups is 1. The molecule has 0 aliphatic carbocycles. The number of amides is 3. The third kappa shape index (κ3) is 6.31. The average molecular weight is 581 g/mol. The van der Waals surface area contributed by atoms with Gasteiger partial charge >= 0.3 is 0 Å². The van der Waals surface area contributed by atoms with E-state index in [4.69, 9.17) is 4.99 Å². The molecule has 1 fully saturated rings. The minimum atomic E-state index is -0.908. The molecule has 1 spiro atoms. The van der Waals surface area contributed by atoms with Gasteiger partial charge in [-0.15, -0.1) is 4.48 Å². The lowest BCUT2D eigenvalue weighted by Crippen LogP contribution is -2.53. The van der Waals surface area contributed by atoms with Gasteiger partial charge in [0.2, 0.25) is 6.41 Å². The van der Waals surface area contributed by atoms with Crippen molar-refractivity contribution in [2.45, 2.75) is 51.6 Å². The van der Waals surface area contributed by atoms with Crippen LogP contribution in [0.2, 0.25) is 0 Å². The molecule has 0 atom stereocenters. The molecule has 9 nitrogen and oxygen atoms in total. The Balaban J connectivity index is 1.39. The minimum absolute atomic E-state index is 0.102. The third-order valence-corrected chi connectivity index (χ3v) is 8.92. The molecule has 2 aliphatic rings. The van der Waals surface area contributed by atoms with Gasteiger partial charge in [-0.1, -0.05) is 24.1 Å². The fourth-order valence-electron chi connectivity index (χ4n) is 5.10. The van der Waals surface area contributed by atoms with Crippen LogP contribution < -0.4 is 20.7 Å². The first-order valence-corrected chi connectivity index (χ1v) is 14.3. The average Bonchev–Trinajstić information content (AvgIpc) is 3.26. The Labute approximate surface area is 244 Å². The van der Waals surface area contributed by atoms with E-state index in [0.717, 1.165) is 22.4 Å². The smallest absolute Gasteiger partial charge is 0.253 e. The maximum absolute atomic E-state index is 13.6. The Hall–Kier alpha value is -3.70. The van der Waals surface area contributed by atoms with Crippen molar-refractivity contribution >= 4 is 53.5 Å². The van der Waals surface area contributed by atoms with Gasteiger partial charge in [0, 0.05) is 38.4 Å². The van der Waals surface area contributed by atoms with Crippen molar-refractivity contribution < 1.29 is 18.9 Å². The van der Waals surface area contributed by atoms with Gasteiger partial charge in [-0.25, -0.2) is 9.43 Å². The Morgan fingerprint density at radius 3 is 2.41 bits per heavy atom. The number of aliphatic imine (C=N–C) groups is 1. The first-order chi connectivity index (χ1) is 19.4. The van der Waals surface area contributed by atoms with E-state index < -0.39 is 11.1 Å². The van der Waals surface area contributed by atoms with Gasteiger partial charge in [0.1, 0.15) is 16.9 Å². The molecule has 2 aromatic rings. The molecular formula is C30H37FN6O3S. The van der Waals surface area contributed by atoms with Crippen LogP contribution >= 0.6 is 11.9 Å². The molecule has 2 N–H and O–H groups in total. The molecule has 2 aliphatic heterocycles. The second-order valence-corrected chi connectivity index (χ2v) is 12.0. The maximum atomic E-state index is 13.6. The van der Waals surface area contributed by atoms with Crippen molar-refractivity contribution in [1.29, 1.82) is 0 Å². The van der Waals surface area contributed by atoms with E-state index in [1.807, 2.05) is 44.0 Å². The summed E-state index contributed by atoms with van der Waals surface area (Å²) in [5, 5.41) is 7.75. The highest BCUT2D eigenvalue weighted by molar-refractivity contribution is 8.00. The van der Waals surface area contributed by atoms with E-state index in [0.29, 0.717) is 54.5 Å². The number of nitrogens with one attached hydrogen (secondary N) is 2. The summed E-state index contributed by atoms with van der Waals surface area (Å²) >= 11 is 1.61. The molecule has 41 heavy (non-hydrogen) atoms. The number of hydrogen-bond donors (Lipinski definition) is 2. The zero-order valence-electron chi connectivity index (χ0n) is 24.3. The van der Waals surface area contributed by atoms with E-state index >= 15 is 0 Å². The van der Waals surface area contributed by atoms with Crippen LogP contribution in [-0.2, 0) is 14.4 Å². The number of rotatable bonds is 9. The van der Waals surface area contributed by atoms with Gasteiger partial charge in [0.15, 0.2) is 0 Å². The molecule has 0 bridgehead atoms. The van der Waals surface area contributed by atoms with Crippen molar-refractivity contribution in [3.05, 3.63) is 64.1 Å². The number of halogens is 1. The molecule has 0 saturated carbocycles. The second-order valence-electron chi connectivity index (χ2n) is 11.0. The van der Waals surface area contributed by atoms with Crippen molar-refractivity contribution in [3.63, 3.8) is 0 Å². The van der Waals surface area contributed by atoms with E-state index in [1.165, 1.54) is 7.05 Å². The van der Waals surface area contributed by atoms with Crippen LogP contribution in [0.5, 0.6) is 0 Å². The standard InChI is InChI=1S/C30H37FN6O3S/c1-20-16-24(35(5)29(3,4)27(39)32-19-38)17-21(2)25(20)10-15-41-37-13-11-30(12-14-37)28(40)33-26(34-30)22-8-7-9-23(18-22)36(6)31/h7-10,15-19H,11-14H2,1-6H3,(H,32,38,39)(H,33,34,40)/b15-10+. The van der Waals surface area contributed by atoms with Crippen molar-refractivity contribution in [3.8, 4) is 0 Å². The summed E-state index contributed by atoms with van der Waals surface area (Å²) in [6.07, 6.45) is 3.68. The molecule has 0 radical (unpaired) electrons. The largest absolute Gasteiger partial charge is 0.361 e. The Morgan fingerprint density at radius 1 is 1.15 bits per heavy atom. The monoisotopic (exact) mass is 580 g/mol. The first-order valence-electron chi connectivity index (χ1n) is 13.5. The molecule has 1 saturated heterocycles. The summed E-state index contributed by atoms with van der Waals surface area (Å²) in [6.45, 7) is 9.01. The van der Waals surface area contributed by atoms with E-state index in [2.05, 4.69) is 26.4 Å². The van der Waals surface area contributed by atoms with Gasteiger partial charge in [-0.3, -0.25) is 24.7 Å². The molecule has 2 heterocycles. The van der Waals surface area contributed by atoms with Gasteiger partial charge < -0.3 is 10.2 Å². The van der Waals surface area contributed by atoms with E-state index in [-0.39, 0.29) is 11.8 Å². The number of likely N-dealkylation sites (N-methyl/N-ethyl adjacent to an activating group) is 1. The van der Waals surface area contributed by atoms with Crippen LogP contribution in [0.15, 0.2) is 46.8 Å². The van der Waals surface area contributed by atoms with Gasteiger partial charge in [0.25, 0.3) is 11.8 Å². The van der Waals surface area contributed by atoms with Crippen molar-refractivity contribution in [2.24, 2.45) is 4.99 Å². The SMILES string of the molecule is Cc1cc(N(C)C(C)(C)C(=O)NC=O)cc(C)c1/C=C/SN1CCC2(CC1)N=C(c1cccc(N(C)F)c1)NC2=O. The number of imide groups is 1. The lowest BCUT2D eigenvalue weighted by atomic mass is 9.89. The van der Waals surface area contributed by atoms with Crippen LogP contribution in [0.3, 0.4) is 0 Å². The van der Waals surface area contributed by atoms with Gasteiger partial charge in [-0.2, -0.15) is 0 Å². The number of carbonyl (C=O) groups is 3. The number of carbonyl (C=O) groups excluding carboxylic acids is 3. The third-order valence-electron chi connectivity index (χ3n) is 8.00. The summed E-state index contributed by atoms with van der Waals surface area (Å²) in [5.74, 6) is 0.0205. The lowest BCUT2D eigenvalue weighted by Gasteiger charge is -2.36. The van der Waals surface area contributed by atoms with E-state index in [1.54, 1.807) is 44.0 Å². The van der Waals surface area contributed by atoms with Crippen molar-refractivity contribution in [1.82, 2.24) is 14.9 Å². The number of aryl methyl sites for hydroxylation is 2. The normalized spacial score (nSPS) is 17.0. The molecule has 3 amide bonds. The Bertz CT molecular complexity index is 1380. The summed E-state index contributed by atoms with van der Waals surface area (Å²) < 4.78 is 15.9. The van der Waals surface area contributed by atoms with Gasteiger partial charge in [0.05, 0.1) is 5.69 Å². The predicted molar refractivity (Wildman–Crippen MR) is 163 cm³/mol. The topological polar surface area (TPSA) is 97.3 Å². The predicted octanol–water partition coefficient (Wildman–Crippen LogP) is 4.14. The summed E-state index contributed by atoms with van der Waals surface area (Å²) in [5.41, 5.74) is 3.51. The molecule has 0 aromatic heterocycles. The van der Waals surface area contributed by atoms with Crippen LogP contribution in [0.25, 0.3) is 6.08 Å². The molecule has 0 unspecified atom stereocenters. The number of piperidine rings is 1. The highest BCUT2D eigenvalue weighted by Gasteiger charge is 2.46. The van der Waals surface area contributed by atoms with Crippen LogP contribution in [-0.4, -0.2) is 66.6 Å². The Morgan fingerprint density at radius 2 is 1.80 bits per heavy atom. The molecule has 218 valence electrons. The maximum Gasteiger partial charge on any atom is 0.253 e. The number of anilines is 2. The highest BCUT2D eigenvalue weighted by atomic mass is 32.2. The number of nitrogens with zero attached hydrogens (tertiary/aromatic N) is 4. The Kier molecular flexibility index (Phi) is 8.89. The summed E-state index contributed by atoms with van der Waals surface area (Å²) in [7, 11) is 3.17. The quantitative estimate of drug-likeness (QED) is 0.261. The molecule has 4 rings (SSSR count). The number of benzene rings is 2. The van der Waals surface area contributed by atoms with Gasteiger partial charge in [-0.05, 0) is 93.0 Å². The zero-order valence-corrected chi connectivity index (χ0v) is 25.1. The first kappa shape index (κ1) is 30.3. The van der Waals surface area contributed by atoms with Crippen LogP contribution in [0.4, 0.5) is 15.9 Å². The zero-order chi connectivity index (χ0) is 29.9. The van der Waals surface area contributed by atoms with E-state index in [9.17, 15) is 18.9 Å². The fourth-order valence-corrected chi connectivity index (χ4v) is 5.86. The summed E-state index contributed by atoms with van der Waals surface area (Å²) in [6, 6.07) is 11.0. The van der Waals surface area contributed by atoms with Crippen LogP contribution in [0, 0.1) is 13.8 Å². The number of hydrogen-bond acceptors (Lipinski definition) is 8. The lowest BCUT2D eigenvalue weighted by molar-refractivity contribution is -0.128. The van der Waals surface area contributed by atoms with Crippen molar-refractivity contribution in [2.75, 3.05) is 37.2 Å². The minimum Gasteiger partial charge on any atom is -0.361 e.